The number of aliphatic hydroxyl groups excluding tert-OH is 1. The van der Waals surface area contributed by atoms with Gasteiger partial charge in [-0.05, 0) is 31.6 Å². The lowest BCUT2D eigenvalue weighted by molar-refractivity contribution is -0.161. The van der Waals surface area contributed by atoms with Gasteiger partial charge in [0.2, 0.25) is 0 Å². The minimum Gasteiger partial charge on any atom is -0.462 e. The first-order valence-corrected chi connectivity index (χ1v) is 40.1. The van der Waals surface area contributed by atoms with Crippen LogP contribution in [0.3, 0.4) is 0 Å². The Balaban J connectivity index is 5.17. The van der Waals surface area contributed by atoms with Crippen molar-refractivity contribution >= 4 is 39.5 Å². The van der Waals surface area contributed by atoms with Gasteiger partial charge in [-0.1, -0.05) is 317 Å². The van der Waals surface area contributed by atoms with Gasteiger partial charge in [0.15, 0.2) is 12.2 Å². The molecule has 90 heavy (non-hydrogen) atoms. The van der Waals surface area contributed by atoms with Crippen molar-refractivity contribution in [2.24, 2.45) is 5.92 Å². The summed E-state index contributed by atoms with van der Waals surface area (Å²) in [5, 5.41) is 10.6. The van der Waals surface area contributed by atoms with Crippen molar-refractivity contribution in [2.45, 2.75) is 387 Å². The predicted molar refractivity (Wildman–Crippen MR) is 363 cm³/mol. The number of carbonyl (C=O) groups is 4. The molecule has 0 rings (SSSR count). The molecule has 17 nitrogen and oxygen atoms in total. The third-order valence-corrected chi connectivity index (χ3v) is 18.4. The van der Waals surface area contributed by atoms with Crippen LogP contribution in [0.5, 0.6) is 0 Å². The van der Waals surface area contributed by atoms with E-state index in [0.29, 0.717) is 31.6 Å². The van der Waals surface area contributed by atoms with Crippen molar-refractivity contribution in [3.8, 4) is 0 Å². The van der Waals surface area contributed by atoms with Gasteiger partial charge in [0.25, 0.3) is 0 Å². The maximum atomic E-state index is 13.0. The third-order valence-electron chi connectivity index (χ3n) is 16.5. The summed E-state index contributed by atoms with van der Waals surface area (Å²) >= 11 is 0. The van der Waals surface area contributed by atoms with E-state index < -0.39 is 97.5 Å². The fourth-order valence-electron chi connectivity index (χ4n) is 10.8. The Labute approximate surface area is 549 Å². The number of aliphatic hydroxyl groups is 1. The van der Waals surface area contributed by atoms with E-state index in [2.05, 4.69) is 34.6 Å². The summed E-state index contributed by atoms with van der Waals surface area (Å²) in [7, 11) is -9.89. The van der Waals surface area contributed by atoms with Crippen LogP contribution in [-0.4, -0.2) is 96.7 Å². The van der Waals surface area contributed by atoms with E-state index in [1.54, 1.807) is 0 Å². The summed E-state index contributed by atoms with van der Waals surface area (Å²) in [4.78, 5) is 72.4. The van der Waals surface area contributed by atoms with Gasteiger partial charge in [0.1, 0.15) is 19.3 Å². The number of carbonyl (C=O) groups excluding carboxylic acids is 4. The van der Waals surface area contributed by atoms with Crippen molar-refractivity contribution in [3.05, 3.63) is 0 Å². The first-order chi connectivity index (χ1) is 43.5. The molecule has 0 spiro atoms. The van der Waals surface area contributed by atoms with Crippen LogP contribution in [0.2, 0.25) is 0 Å². The maximum Gasteiger partial charge on any atom is 0.472 e. The fourth-order valence-corrected chi connectivity index (χ4v) is 12.4. The largest absolute Gasteiger partial charge is 0.472 e. The average Bonchev–Trinajstić information content (AvgIpc) is 3.22. The predicted octanol–water partition coefficient (Wildman–Crippen LogP) is 20.5. The molecule has 0 heterocycles. The van der Waals surface area contributed by atoms with E-state index in [-0.39, 0.29) is 25.7 Å². The molecule has 19 heteroatoms. The van der Waals surface area contributed by atoms with Crippen molar-refractivity contribution in [1.29, 1.82) is 0 Å². The van der Waals surface area contributed by atoms with Crippen LogP contribution in [-0.2, 0) is 65.4 Å². The molecule has 534 valence electrons. The molecule has 0 bridgehead atoms. The highest BCUT2D eigenvalue weighted by Gasteiger charge is 2.30. The first-order valence-electron chi connectivity index (χ1n) is 37.1. The number of rotatable bonds is 71. The highest BCUT2D eigenvalue weighted by atomic mass is 31.2. The Kier molecular flexibility index (Phi) is 63.0. The first kappa shape index (κ1) is 88.1. The zero-order valence-corrected chi connectivity index (χ0v) is 60.1. The average molecular weight is 1330 g/mol. The lowest BCUT2D eigenvalue weighted by Gasteiger charge is -2.21. The van der Waals surface area contributed by atoms with Crippen LogP contribution in [0, 0.1) is 5.92 Å². The molecule has 5 atom stereocenters. The summed E-state index contributed by atoms with van der Waals surface area (Å²) < 4.78 is 68.2. The van der Waals surface area contributed by atoms with E-state index in [4.69, 9.17) is 37.0 Å². The van der Waals surface area contributed by atoms with E-state index >= 15 is 0 Å². The van der Waals surface area contributed by atoms with E-state index in [9.17, 15) is 43.2 Å². The van der Waals surface area contributed by atoms with E-state index in [1.807, 2.05) is 0 Å². The third kappa shape index (κ3) is 64.8. The molecule has 0 aromatic carbocycles. The van der Waals surface area contributed by atoms with Gasteiger partial charge < -0.3 is 33.8 Å². The standard InChI is InChI=1S/C71H138O17P2/c1-6-9-12-15-18-20-22-24-26-28-30-32-34-36-39-45-50-55-69(74)82-61-66(87-70(75)56-51-46-40-37-35-33-31-29-27-25-23-21-19-16-13-10-7-2)62-85-89(77,78)83-58-65(72)59-84-90(79,80)86-63-67(60-81-68(73)54-49-44-38-17-14-11-8-3)88-71(76)57-52-47-42-41-43-48-53-64(4)5/h64-67,72H,6-63H2,1-5H3,(H,77,78)(H,79,80)/t65-,66-,67-/m1/s1. The number of unbranched alkanes of at least 4 members (excludes halogenated alkanes) is 43. The highest BCUT2D eigenvalue weighted by Crippen LogP contribution is 2.45. The Morgan fingerprint density at radius 3 is 0.756 bits per heavy atom. The molecule has 0 saturated heterocycles. The van der Waals surface area contributed by atoms with Crippen molar-refractivity contribution < 1.29 is 80.2 Å². The molecular formula is C71H138O17P2. The van der Waals surface area contributed by atoms with E-state index in [1.165, 1.54) is 180 Å². The van der Waals surface area contributed by atoms with Crippen LogP contribution in [0.1, 0.15) is 369 Å². The molecule has 0 aliphatic rings. The van der Waals surface area contributed by atoms with Gasteiger partial charge in [-0.2, -0.15) is 0 Å². The lowest BCUT2D eigenvalue weighted by atomic mass is 10.0. The molecule has 0 radical (unpaired) electrons. The Morgan fingerprint density at radius 2 is 0.511 bits per heavy atom. The van der Waals surface area contributed by atoms with Crippen molar-refractivity contribution in [2.75, 3.05) is 39.6 Å². The highest BCUT2D eigenvalue weighted by molar-refractivity contribution is 7.47. The van der Waals surface area contributed by atoms with Gasteiger partial charge >= 0.3 is 39.5 Å². The van der Waals surface area contributed by atoms with Gasteiger partial charge in [0, 0.05) is 25.7 Å². The molecule has 0 aromatic rings. The van der Waals surface area contributed by atoms with Crippen LogP contribution >= 0.6 is 15.6 Å². The zero-order chi connectivity index (χ0) is 66.3. The summed E-state index contributed by atoms with van der Waals surface area (Å²) in [6.07, 6.45) is 51.7. The normalized spacial score (nSPS) is 14.1. The van der Waals surface area contributed by atoms with Gasteiger partial charge in [-0.15, -0.1) is 0 Å². The fraction of sp³-hybridized carbons (Fsp3) is 0.944. The van der Waals surface area contributed by atoms with E-state index in [0.717, 1.165) is 103 Å². The number of hydrogen-bond acceptors (Lipinski definition) is 15. The molecule has 0 saturated carbocycles. The van der Waals surface area contributed by atoms with Crippen LogP contribution in [0.15, 0.2) is 0 Å². The Hall–Kier alpha value is -1.94. The SMILES string of the molecule is CCCCCCCCCCCCCCCCCCCC(=O)OC[C@H](COP(=O)(O)OC[C@@H](O)COP(=O)(O)OC[C@@H](COC(=O)CCCCCCCCC)OC(=O)CCCCCCCCC(C)C)OC(=O)CCCCCCCCCCCCCCCCCCC. The second-order valence-corrected chi connectivity index (χ2v) is 29.0. The molecule has 0 aliphatic carbocycles. The van der Waals surface area contributed by atoms with Gasteiger partial charge in [-0.25, -0.2) is 9.13 Å². The number of ether oxygens (including phenoxy) is 4. The molecule has 0 fully saturated rings. The minimum absolute atomic E-state index is 0.102. The molecule has 0 aromatic heterocycles. The Morgan fingerprint density at radius 1 is 0.300 bits per heavy atom. The van der Waals surface area contributed by atoms with Crippen molar-refractivity contribution in [3.63, 3.8) is 0 Å². The second kappa shape index (κ2) is 64.4. The molecule has 0 aliphatic heterocycles. The minimum atomic E-state index is -4.95. The molecular weight excluding hydrogens is 1190 g/mol. The zero-order valence-electron chi connectivity index (χ0n) is 58.3. The summed E-state index contributed by atoms with van der Waals surface area (Å²) in [5.74, 6) is -1.46. The van der Waals surface area contributed by atoms with Crippen LogP contribution < -0.4 is 0 Å². The lowest BCUT2D eigenvalue weighted by Crippen LogP contribution is -2.30. The quantitative estimate of drug-likeness (QED) is 0.0222. The summed E-state index contributed by atoms with van der Waals surface area (Å²) in [6.45, 7) is 7.12. The maximum absolute atomic E-state index is 13.0. The summed E-state index contributed by atoms with van der Waals surface area (Å²) in [6, 6.07) is 0. The van der Waals surface area contributed by atoms with Gasteiger partial charge in [-0.3, -0.25) is 37.3 Å². The second-order valence-electron chi connectivity index (χ2n) is 26.1. The number of phosphoric ester groups is 2. The van der Waals surface area contributed by atoms with Gasteiger partial charge in [0.05, 0.1) is 26.4 Å². The number of phosphoric acid groups is 2. The monoisotopic (exact) mass is 1320 g/mol. The number of hydrogen-bond donors (Lipinski definition) is 3. The molecule has 3 N–H and O–H groups in total. The molecule has 2 unspecified atom stereocenters. The van der Waals surface area contributed by atoms with Crippen LogP contribution in [0.25, 0.3) is 0 Å². The topological polar surface area (TPSA) is 237 Å². The molecule has 0 amide bonds. The smallest absolute Gasteiger partial charge is 0.462 e. The van der Waals surface area contributed by atoms with Crippen molar-refractivity contribution in [1.82, 2.24) is 0 Å². The van der Waals surface area contributed by atoms with Crippen LogP contribution in [0.4, 0.5) is 0 Å². The number of esters is 4. The Bertz CT molecular complexity index is 1740. The summed E-state index contributed by atoms with van der Waals surface area (Å²) in [5.41, 5.74) is 0.